The Kier molecular flexibility index (Phi) is 3.16. The Labute approximate surface area is 76.5 Å². The highest BCUT2D eigenvalue weighted by atomic mass is 16.5. The summed E-state index contributed by atoms with van der Waals surface area (Å²) in [4.78, 5) is 0. The van der Waals surface area contributed by atoms with Crippen molar-refractivity contribution in [3.05, 3.63) is 0 Å². The van der Waals surface area contributed by atoms with Crippen LogP contribution in [0.2, 0.25) is 0 Å². The lowest BCUT2D eigenvalue weighted by Gasteiger charge is -2.42. The van der Waals surface area contributed by atoms with Gasteiger partial charge in [-0.2, -0.15) is 0 Å². The van der Waals surface area contributed by atoms with Gasteiger partial charge in [-0.05, 0) is 31.1 Å². The highest BCUT2D eigenvalue weighted by Gasteiger charge is 2.35. The minimum absolute atomic E-state index is 0.446. The predicted molar refractivity (Wildman–Crippen MR) is 52.1 cm³/mol. The van der Waals surface area contributed by atoms with Gasteiger partial charge in [-0.3, -0.25) is 0 Å². The third-order valence-electron chi connectivity index (χ3n) is 3.78. The molecule has 0 bridgehead atoms. The summed E-state index contributed by atoms with van der Waals surface area (Å²) < 4.78 is 5.93. The van der Waals surface area contributed by atoms with Crippen molar-refractivity contribution < 1.29 is 4.74 Å². The zero-order valence-corrected chi connectivity index (χ0v) is 9.00. The van der Waals surface area contributed by atoms with Gasteiger partial charge in [0.25, 0.3) is 0 Å². The molecule has 1 saturated heterocycles. The highest BCUT2D eigenvalue weighted by molar-refractivity contribution is 4.83. The molecule has 0 radical (unpaired) electrons. The fourth-order valence-electron chi connectivity index (χ4n) is 2.24. The summed E-state index contributed by atoms with van der Waals surface area (Å²) >= 11 is 0. The van der Waals surface area contributed by atoms with Crippen molar-refractivity contribution in [3.8, 4) is 0 Å². The summed E-state index contributed by atoms with van der Waals surface area (Å²) in [6, 6.07) is 0. The van der Waals surface area contributed by atoms with Crippen LogP contribution in [0.4, 0.5) is 0 Å². The van der Waals surface area contributed by atoms with Crippen molar-refractivity contribution in [1.29, 1.82) is 0 Å². The van der Waals surface area contributed by atoms with E-state index >= 15 is 0 Å². The first-order valence-electron chi connectivity index (χ1n) is 5.23. The predicted octanol–water partition coefficient (Wildman–Crippen LogP) is 3.09. The van der Waals surface area contributed by atoms with Gasteiger partial charge in [0.05, 0.1) is 12.2 Å². The molecule has 1 fully saturated rings. The van der Waals surface area contributed by atoms with Crippen LogP contribution in [0.3, 0.4) is 0 Å². The van der Waals surface area contributed by atoms with Gasteiger partial charge >= 0.3 is 0 Å². The topological polar surface area (TPSA) is 9.23 Å². The summed E-state index contributed by atoms with van der Waals surface area (Å²) in [6.45, 7) is 11.4. The van der Waals surface area contributed by atoms with Crippen molar-refractivity contribution in [2.24, 2.45) is 17.8 Å². The van der Waals surface area contributed by atoms with E-state index in [-0.39, 0.29) is 0 Å². The van der Waals surface area contributed by atoms with Crippen molar-refractivity contribution in [1.82, 2.24) is 0 Å². The summed E-state index contributed by atoms with van der Waals surface area (Å²) in [7, 11) is 0. The normalized spacial score (nSPS) is 49.2. The van der Waals surface area contributed by atoms with Crippen LogP contribution in [0, 0.1) is 17.8 Å². The molecule has 0 aromatic carbocycles. The van der Waals surface area contributed by atoms with Gasteiger partial charge in [0.1, 0.15) is 0 Å². The monoisotopic (exact) mass is 170 g/mol. The second-order valence-electron chi connectivity index (χ2n) is 4.37. The lowest BCUT2D eigenvalue weighted by atomic mass is 9.76. The Bertz CT molecular complexity index is 139. The van der Waals surface area contributed by atoms with Crippen molar-refractivity contribution in [3.63, 3.8) is 0 Å². The van der Waals surface area contributed by atoms with Gasteiger partial charge < -0.3 is 4.74 Å². The van der Waals surface area contributed by atoms with E-state index in [0.717, 1.165) is 18.3 Å². The molecule has 1 heteroatoms. The Morgan fingerprint density at radius 3 is 2.00 bits per heavy atom. The molecule has 0 amide bonds. The molecule has 0 aliphatic carbocycles. The quantitative estimate of drug-likeness (QED) is 0.587. The summed E-state index contributed by atoms with van der Waals surface area (Å²) in [5, 5.41) is 0. The SMILES string of the molecule is CCC1OC(C)[C@H](C)[C@@H](C)[C@H]1C. The van der Waals surface area contributed by atoms with Crippen LogP contribution in [0.25, 0.3) is 0 Å². The molecule has 0 spiro atoms. The maximum absolute atomic E-state index is 5.93. The van der Waals surface area contributed by atoms with Gasteiger partial charge in [0, 0.05) is 0 Å². The Morgan fingerprint density at radius 2 is 1.50 bits per heavy atom. The molecular weight excluding hydrogens is 148 g/mol. The lowest BCUT2D eigenvalue weighted by molar-refractivity contribution is -0.125. The molecule has 0 aromatic rings. The summed E-state index contributed by atoms with van der Waals surface area (Å²) in [5.41, 5.74) is 0. The Balaban J connectivity index is 2.63. The average Bonchev–Trinajstić information content (AvgIpc) is 2.08. The standard InChI is InChI=1S/C11H22O/c1-6-11-9(4)7(2)8(3)10(5)12-11/h7-11H,6H2,1-5H3/t7-,8-,9-,10?,11?/m1/s1. The first-order valence-corrected chi connectivity index (χ1v) is 5.23. The second-order valence-corrected chi connectivity index (χ2v) is 4.37. The van der Waals surface area contributed by atoms with Gasteiger partial charge in [0.15, 0.2) is 0 Å². The van der Waals surface area contributed by atoms with Crippen LogP contribution >= 0.6 is 0 Å². The number of ether oxygens (including phenoxy) is 1. The number of hydrogen-bond acceptors (Lipinski definition) is 1. The zero-order valence-electron chi connectivity index (χ0n) is 9.00. The van der Waals surface area contributed by atoms with E-state index in [1.54, 1.807) is 0 Å². The van der Waals surface area contributed by atoms with Crippen molar-refractivity contribution in [2.45, 2.75) is 53.2 Å². The fourth-order valence-corrected chi connectivity index (χ4v) is 2.24. The van der Waals surface area contributed by atoms with Crippen LogP contribution in [-0.2, 0) is 4.74 Å². The first-order chi connectivity index (χ1) is 5.57. The fraction of sp³-hybridized carbons (Fsp3) is 1.00. The van der Waals surface area contributed by atoms with E-state index in [1.807, 2.05) is 0 Å². The minimum atomic E-state index is 0.446. The third-order valence-corrected chi connectivity index (χ3v) is 3.78. The van der Waals surface area contributed by atoms with E-state index in [4.69, 9.17) is 4.74 Å². The van der Waals surface area contributed by atoms with Gasteiger partial charge in [-0.15, -0.1) is 0 Å². The van der Waals surface area contributed by atoms with Crippen molar-refractivity contribution in [2.75, 3.05) is 0 Å². The Hall–Kier alpha value is -0.0400. The molecule has 1 aliphatic rings. The second kappa shape index (κ2) is 3.78. The molecule has 5 atom stereocenters. The molecule has 0 saturated carbocycles. The van der Waals surface area contributed by atoms with E-state index in [1.165, 1.54) is 0 Å². The lowest BCUT2D eigenvalue weighted by Crippen LogP contribution is -2.42. The molecule has 12 heavy (non-hydrogen) atoms. The molecule has 0 N–H and O–H groups in total. The number of rotatable bonds is 1. The van der Waals surface area contributed by atoms with E-state index in [2.05, 4.69) is 34.6 Å². The first kappa shape index (κ1) is 10.0. The van der Waals surface area contributed by atoms with E-state index < -0.39 is 0 Å². The molecule has 72 valence electrons. The molecular formula is C11H22O. The molecule has 1 heterocycles. The summed E-state index contributed by atoms with van der Waals surface area (Å²) in [6.07, 6.45) is 2.09. The van der Waals surface area contributed by atoms with Gasteiger partial charge in [-0.25, -0.2) is 0 Å². The minimum Gasteiger partial charge on any atom is -0.375 e. The number of hydrogen-bond donors (Lipinski definition) is 0. The van der Waals surface area contributed by atoms with Gasteiger partial charge in [0.2, 0.25) is 0 Å². The van der Waals surface area contributed by atoms with Crippen LogP contribution in [0.5, 0.6) is 0 Å². The maximum atomic E-state index is 5.93. The molecule has 2 unspecified atom stereocenters. The smallest absolute Gasteiger partial charge is 0.0604 e. The zero-order chi connectivity index (χ0) is 9.30. The summed E-state index contributed by atoms with van der Waals surface area (Å²) in [5.74, 6) is 2.24. The van der Waals surface area contributed by atoms with Gasteiger partial charge in [-0.1, -0.05) is 27.7 Å². The van der Waals surface area contributed by atoms with Crippen LogP contribution < -0.4 is 0 Å². The molecule has 1 rings (SSSR count). The maximum Gasteiger partial charge on any atom is 0.0604 e. The average molecular weight is 170 g/mol. The van der Waals surface area contributed by atoms with E-state index in [0.29, 0.717) is 18.1 Å². The third kappa shape index (κ3) is 1.66. The molecule has 1 aliphatic heterocycles. The highest BCUT2D eigenvalue weighted by Crippen LogP contribution is 2.35. The van der Waals surface area contributed by atoms with E-state index in [9.17, 15) is 0 Å². The van der Waals surface area contributed by atoms with Crippen molar-refractivity contribution >= 4 is 0 Å². The molecule has 0 aromatic heterocycles. The van der Waals surface area contributed by atoms with Crippen LogP contribution in [0.1, 0.15) is 41.0 Å². The molecule has 1 nitrogen and oxygen atoms in total. The van der Waals surface area contributed by atoms with Crippen LogP contribution in [-0.4, -0.2) is 12.2 Å². The largest absolute Gasteiger partial charge is 0.375 e. The van der Waals surface area contributed by atoms with Crippen LogP contribution in [0.15, 0.2) is 0 Å². The Morgan fingerprint density at radius 1 is 0.917 bits per heavy atom.